The molecule has 0 saturated carbocycles. The van der Waals surface area contributed by atoms with Crippen molar-refractivity contribution in [3.05, 3.63) is 98.0 Å². The Kier molecular flexibility index (Phi) is 5.64. The molecule has 0 spiro atoms. The van der Waals surface area contributed by atoms with Crippen LogP contribution in [0.4, 0.5) is 11.4 Å². The van der Waals surface area contributed by atoms with E-state index < -0.39 is 4.92 Å². The van der Waals surface area contributed by atoms with Crippen LogP contribution in [-0.2, 0) is 0 Å². The Hall–Kier alpha value is -3.78. The summed E-state index contributed by atoms with van der Waals surface area (Å²) in [6, 6.07) is 16.2. The molecule has 0 aliphatic heterocycles. The smallest absolute Gasteiger partial charge is 0.269 e. The molecule has 8 heteroatoms. The topological polar surface area (TPSA) is 85.9 Å². The second kappa shape index (κ2) is 8.53. The first kappa shape index (κ1) is 20.5. The van der Waals surface area contributed by atoms with E-state index in [1.807, 2.05) is 50.4 Å². The highest BCUT2D eigenvalue weighted by Crippen LogP contribution is 2.25. The number of nitro groups is 1. The maximum Gasteiger partial charge on any atom is 0.269 e. The van der Waals surface area contributed by atoms with Gasteiger partial charge in [-0.3, -0.25) is 10.1 Å². The number of rotatable bonds is 5. The molecule has 0 saturated heterocycles. The second-order valence-corrected chi connectivity index (χ2v) is 7.92. The lowest BCUT2D eigenvalue weighted by Crippen LogP contribution is -2.13. The van der Waals surface area contributed by atoms with Crippen LogP contribution in [0.1, 0.15) is 23.8 Å². The number of non-ortho nitro benzene ring substituents is 1. The predicted molar refractivity (Wildman–Crippen MR) is 122 cm³/mol. The van der Waals surface area contributed by atoms with Crippen LogP contribution in [0, 0.1) is 24.0 Å². The first-order valence-corrected chi connectivity index (χ1v) is 10.5. The number of aryl methyl sites for hydroxylation is 2. The van der Waals surface area contributed by atoms with Crippen molar-refractivity contribution < 1.29 is 9.34 Å². The number of furan rings is 1. The van der Waals surface area contributed by atoms with Crippen molar-refractivity contribution in [1.82, 2.24) is 4.68 Å². The number of thiazole rings is 1. The number of hydrogen-bond donors (Lipinski definition) is 0. The van der Waals surface area contributed by atoms with Gasteiger partial charge in [0.15, 0.2) is 0 Å². The standard InChI is InChI=1S/C23H20N4O3S/c1-15-6-11-20(16(2)13-15)24-23-26(25-17(3)22-5-4-12-30-22)21(14-31-23)18-7-9-19(10-8-18)27(28)29/h4-14H,1-3H3. The van der Waals surface area contributed by atoms with Crippen LogP contribution in [0.5, 0.6) is 0 Å². The van der Waals surface area contributed by atoms with E-state index in [4.69, 9.17) is 14.5 Å². The third-order valence-electron chi connectivity index (χ3n) is 4.76. The zero-order valence-corrected chi connectivity index (χ0v) is 18.1. The lowest BCUT2D eigenvalue weighted by Gasteiger charge is -2.06. The Labute approximate surface area is 182 Å². The molecule has 2 heterocycles. The van der Waals surface area contributed by atoms with E-state index in [0.717, 1.165) is 22.5 Å². The molecule has 0 N–H and O–H groups in total. The molecular weight excluding hydrogens is 412 g/mol. The molecule has 0 amide bonds. The quantitative estimate of drug-likeness (QED) is 0.225. The zero-order valence-electron chi connectivity index (χ0n) is 17.3. The van der Waals surface area contributed by atoms with Gasteiger partial charge in [-0.15, -0.1) is 11.3 Å². The molecule has 0 fully saturated rings. The number of aromatic nitrogens is 1. The summed E-state index contributed by atoms with van der Waals surface area (Å²) in [5, 5.41) is 17.7. The van der Waals surface area contributed by atoms with E-state index in [1.165, 1.54) is 29.0 Å². The van der Waals surface area contributed by atoms with E-state index >= 15 is 0 Å². The lowest BCUT2D eigenvalue weighted by atomic mass is 10.1. The average Bonchev–Trinajstić information content (AvgIpc) is 3.41. The van der Waals surface area contributed by atoms with Gasteiger partial charge in [0.05, 0.1) is 22.6 Å². The van der Waals surface area contributed by atoms with Crippen LogP contribution >= 0.6 is 11.3 Å². The Morgan fingerprint density at radius 2 is 1.90 bits per heavy atom. The van der Waals surface area contributed by atoms with Crippen LogP contribution in [-0.4, -0.2) is 15.3 Å². The summed E-state index contributed by atoms with van der Waals surface area (Å²) in [6.45, 7) is 5.94. The van der Waals surface area contributed by atoms with Crippen molar-refractivity contribution in [2.45, 2.75) is 20.8 Å². The molecule has 0 bridgehead atoms. The van der Waals surface area contributed by atoms with E-state index in [9.17, 15) is 10.1 Å². The third-order valence-corrected chi connectivity index (χ3v) is 5.57. The van der Waals surface area contributed by atoms with Crippen LogP contribution in [0.15, 0.2) is 80.8 Å². The largest absolute Gasteiger partial charge is 0.463 e. The van der Waals surface area contributed by atoms with Crippen molar-refractivity contribution in [2.75, 3.05) is 0 Å². The normalized spacial score (nSPS) is 12.4. The van der Waals surface area contributed by atoms with Crippen molar-refractivity contribution in [2.24, 2.45) is 10.1 Å². The summed E-state index contributed by atoms with van der Waals surface area (Å²) >= 11 is 1.45. The summed E-state index contributed by atoms with van der Waals surface area (Å²) < 4.78 is 7.23. The van der Waals surface area contributed by atoms with Crippen molar-refractivity contribution in [3.8, 4) is 11.3 Å². The summed E-state index contributed by atoms with van der Waals surface area (Å²) in [5.41, 5.74) is 5.43. The number of benzene rings is 2. The Bertz CT molecular complexity index is 1330. The summed E-state index contributed by atoms with van der Waals surface area (Å²) in [6.07, 6.45) is 1.60. The first-order valence-electron chi connectivity index (χ1n) is 9.59. The summed E-state index contributed by atoms with van der Waals surface area (Å²) in [4.78, 5) is 16.1. The predicted octanol–water partition coefficient (Wildman–Crippen LogP) is 5.84. The maximum atomic E-state index is 11.0. The highest BCUT2D eigenvalue weighted by atomic mass is 32.1. The van der Waals surface area contributed by atoms with Crippen molar-refractivity contribution in [1.29, 1.82) is 0 Å². The fourth-order valence-corrected chi connectivity index (χ4v) is 3.99. The molecule has 7 nitrogen and oxygen atoms in total. The first-order chi connectivity index (χ1) is 14.9. The van der Waals surface area contributed by atoms with Gasteiger partial charge in [-0.25, -0.2) is 9.67 Å². The van der Waals surface area contributed by atoms with Gasteiger partial charge in [-0.05, 0) is 56.7 Å². The fourth-order valence-electron chi connectivity index (χ4n) is 3.14. The van der Waals surface area contributed by atoms with Crippen LogP contribution in [0.2, 0.25) is 0 Å². The van der Waals surface area contributed by atoms with E-state index in [1.54, 1.807) is 23.1 Å². The van der Waals surface area contributed by atoms with E-state index in [2.05, 4.69) is 6.07 Å². The van der Waals surface area contributed by atoms with Gasteiger partial charge in [0.1, 0.15) is 11.5 Å². The molecule has 31 heavy (non-hydrogen) atoms. The molecule has 4 aromatic rings. The monoisotopic (exact) mass is 432 g/mol. The lowest BCUT2D eigenvalue weighted by molar-refractivity contribution is -0.384. The molecule has 0 radical (unpaired) electrons. The Morgan fingerprint density at radius 3 is 2.55 bits per heavy atom. The van der Waals surface area contributed by atoms with E-state index in [-0.39, 0.29) is 5.69 Å². The van der Waals surface area contributed by atoms with Gasteiger partial charge < -0.3 is 4.42 Å². The third kappa shape index (κ3) is 4.39. The van der Waals surface area contributed by atoms with Crippen molar-refractivity contribution >= 4 is 28.4 Å². The number of hydrogen-bond acceptors (Lipinski definition) is 6. The maximum absolute atomic E-state index is 11.0. The molecular formula is C23H20N4O3S. The Morgan fingerprint density at radius 1 is 1.13 bits per heavy atom. The summed E-state index contributed by atoms with van der Waals surface area (Å²) in [7, 11) is 0. The second-order valence-electron chi connectivity index (χ2n) is 7.08. The molecule has 0 atom stereocenters. The van der Waals surface area contributed by atoms with Crippen LogP contribution in [0.25, 0.3) is 11.3 Å². The fraction of sp³-hybridized carbons (Fsp3) is 0.130. The molecule has 156 valence electrons. The molecule has 0 aliphatic carbocycles. The van der Waals surface area contributed by atoms with Gasteiger partial charge in [-0.2, -0.15) is 5.10 Å². The van der Waals surface area contributed by atoms with Crippen molar-refractivity contribution in [3.63, 3.8) is 0 Å². The highest BCUT2D eigenvalue weighted by Gasteiger charge is 2.12. The van der Waals surface area contributed by atoms with Gasteiger partial charge in [0.25, 0.3) is 5.69 Å². The molecule has 2 aromatic carbocycles. The minimum atomic E-state index is -0.411. The van der Waals surface area contributed by atoms with Crippen LogP contribution < -0.4 is 4.80 Å². The zero-order chi connectivity index (χ0) is 22.0. The average molecular weight is 433 g/mol. The van der Waals surface area contributed by atoms with Gasteiger partial charge in [0, 0.05) is 23.1 Å². The van der Waals surface area contributed by atoms with Crippen LogP contribution in [0.3, 0.4) is 0 Å². The van der Waals surface area contributed by atoms with Gasteiger partial charge in [-0.1, -0.05) is 17.7 Å². The highest BCUT2D eigenvalue weighted by molar-refractivity contribution is 7.07. The summed E-state index contributed by atoms with van der Waals surface area (Å²) in [5.74, 6) is 0.658. The van der Waals surface area contributed by atoms with E-state index in [0.29, 0.717) is 16.3 Å². The molecule has 4 rings (SSSR count). The SMILES string of the molecule is CC(=Nn1c(-c2ccc([N+](=O)[O-])cc2)csc1=Nc1ccc(C)cc1C)c1ccco1. The van der Waals surface area contributed by atoms with Gasteiger partial charge in [0.2, 0.25) is 4.80 Å². The molecule has 2 aromatic heterocycles. The number of nitro benzene ring substituents is 1. The minimum Gasteiger partial charge on any atom is -0.463 e. The minimum absolute atomic E-state index is 0.0426. The van der Waals surface area contributed by atoms with Gasteiger partial charge >= 0.3 is 0 Å². The Balaban J connectivity index is 1.89. The molecule has 0 unspecified atom stereocenters. The molecule has 0 aliphatic rings. The number of nitrogens with zero attached hydrogens (tertiary/aromatic N) is 4.